The molecule has 0 saturated carbocycles. The number of hydrogen-bond donors (Lipinski definition) is 1. The van der Waals surface area contributed by atoms with Gasteiger partial charge in [0.25, 0.3) is 10.0 Å². The van der Waals surface area contributed by atoms with E-state index < -0.39 is 10.0 Å². The van der Waals surface area contributed by atoms with Crippen LogP contribution in [0.2, 0.25) is 5.02 Å². The van der Waals surface area contributed by atoms with Crippen molar-refractivity contribution in [1.82, 2.24) is 19.9 Å². The zero-order chi connectivity index (χ0) is 25.9. The van der Waals surface area contributed by atoms with Gasteiger partial charge in [0.2, 0.25) is 0 Å². The van der Waals surface area contributed by atoms with Gasteiger partial charge < -0.3 is 0 Å². The summed E-state index contributed by atoms with van der Waals surface area (Å²) in [6.07, 6.45) is 5.55. The molecule has 1 N–H and O–H groups in total. The van der Waals surface area contributed by atoms with E-state index in [4.69, 9.17) is 11.6 Å². The third-order valence-electron chi connectivity index (χ3n) is 5.47. The fourth-order valence-corrected chi connectivity index (χ4v) is 5.30. The molecule has 36 heavy (non-hydrogen) atoms. The van der Waals surface area contributed by atoms with Gasteiger partial charge in [0, 0.05) is 29.2 Å². The van der Waals surface area contributed by atoms with E-state index in [1.807, 2.05) is 32.9 Å². The second-order valence-electron chi connectivity index (χ2n) is 8.23. The lowest BCUT2D eigenvalue weighted by atomic mass is 10.0. The molecular weight excluding hydrogens is 494 g/mol. The van der Waals surface area contributed by atoms with E-state index in [2.05, 4.69) is 36.5 Å². The molecule has 0 aliphatic carbocycles. The Morgan fingerprint density at radius 2 is 1.78 bits per heavy atom. The topological polar surface area (TPSA) is 97.7 Å². The number of sulfonamides is 1. The Balaban J connectivity index is 1.72. The van der Waals surface area contributed by atoms with Gasteiger partial charge >= 0.3 is 0 Å². The number of halogens is 1. The van der Waals surface area contributed by atoms with Crippen molar-refractivity contribution in [3.63, 3.8) is 0 Å². The molecule has 9 heteroatoms. The molecule has 1 aromatic carbocycles. The molecule has 0 bridgehead atoms. The minimum absolute atomic E-state index is 0.00281. The summed E-state index contributed by atoms with van der Waals surface area (Å²) >= 11 is 6.20. The smallest absolute Gasteiger partial charge is 0.263 e. The Bertz CT molecular complexity index is 1630. The van der Waals surface area contributed by atoms with Crippen LogP contribution >= 0.6 is 11.6 Å². The number of aromatic nitrogens is 4. The fourth-order valence-electron chi connectivity index (χ4n) is 3.60. The van der Waals surface area contributed by atoms with Crippen LogP contribution in [0.5, 0.6) is 0 Å². The van der Waals surface area contributed by atoms with Gasteiger partial charge in [-0.1, -0.05) is 36.4 Å². The van der Waals surface area contributed by atoms with Crippen molar-refractivity contribution in [1.29, 1.82) is 0 Å². The van der Waals surface area contributed by atoms with Crippen molar-refractivity contribution in [2.75, 3.05) is 4.72 Å². The van der Waals surface area contributed by atoms with Crippen molar-refractivity contribution in [2.45, 2.75) is 39.0 Å². The summed E-state index contributed by atoms with van der Waals surface area (Å²) in [5.41, 5.74) is 6.25. The van der Waals surface area contributed by atoms with Gasteiger partial charge in [-0.3, -0.25) is 14.7 Å². The van der Waals surface area contributed by atoms with Crippen molar-refractivity contribution < 1.29 is 8.42 Å². The highest BCUT2D eigenvalue weighted by molar-refractivity contribution is 7.92. The van der Waals surface area contributed by atoms with Crippen LogP contribution in [0.4, 0.5) is 5.69 Å². The molecule has 0 aliphatic heterocycles. The maximum absolute atomic E-state index is 13.0. The van der Waals surface area contributed by atoms with Crippen molar-refractivity contribution in [2.24, 2.45) is 0 Å². The molecule has 0 amide bonds. The van der Waals surface area contributed by atoms with Gasteiger partial charge in [0.05, 0.1) is 33.4 Å². The van der Waals surface area contributed by atoms with Gasteiger partial charge in [0.1, 0.15) is 11.2 Å². The molecule has 0 fully saturated rings. The molecule has 4 rings (SSSR count). The quantitative estimate of drug-likeness (QED) is 0.362. The lowest BCUT2D eigenvalue weighted by Gasteiger charge is -2.12. The third kappa shape index (κ3) is 5.54. The van der Waals surface area contributed by atoms with Crippen molar-refractivity contribution in [3.05, 3.63) is 93.9 Å². The summed E-state index contributed by atoms with van der Waals surface area (Å²) in [4.78, 5) is 17.5. The Morgan fingerprint density at radius 1 is 0.972 bits per heavy atom. The summed E-state index contributed by atoms with van der Waals surface area (Å²) in [5, 5.41) is 0.152. The number of benzene rings is 1. The number of hydrogen-bond acceptors (Lipinski definition) is 6. The Hall–Kier alpha value is -3.80. The first-order valence-corrected chi connectivity index (χ1v) is 13.1. The highest BCUT2D eigenvalue weighted by Crippen LogP contribution is 2.26. The molecule has 3 aromatic heterocycles. The van der Waals surface area contributed by atoms with Crippen LogP contribution in [0.15, 0.2) is 60.0 Å². The minimum atomic E-state index is -3.92. The van der Waals surface area contributed by atoms with Crippen LogP contribution in [0, 0.1) is 32.6 Å². The number of anilines is 1. The summed E-state index contributed by atoms with van der Waals surface area (Å²) in [5.74, 6) is 6.29. The first-order valence-electron chi connectivity index (χ1n) is 11.2. The maximum atomic E-state index is 13.0. The lowest BCUT2D eigenvalue weighted by Crippen LogP contribution is -2.15. The van der Waals surface area contributed by atoms with Crippen LogP contribution in [0.25, 0.3) is 11.3 Å². The lowest BCUT2D eigenvalue weighted by molar-refractivity contribution is 0.601. The predicted octanol–water partition coefficient (Wildman–Crippen LogP) is 5.28. The average Bonchev–Trinajstić information content (AvgIpc) is 2.84. The van der Waals surface area contributed by atoms with Gasteiger partial charge in [-0.2, -0.15) is 0 Å². The van der Waals surface area contributed by atoms with Gasteiger partial charge in [-0.15, -0.1) is 0 Å². The molecule has 0 spiro atoms. The molecule has 182 valence electrons. The third-order valence-corrected chi connectivity index (χ3v) is 7.32. The summed E-state index contributed by atoms with van der Waals surface area (Å²) < 4.78 is 28.6. The van der Waals surface area contributed by atoms with E-state index in [1.165, 1.54) is 12.4 Å². The number of nitrogens with zero attached hydrogens (tertiary/aromatic N) is 4. The molecule has 0 saturated heterocycles. The zero-order valence-corrected chi connectivity index (χ0v) is 21.9. The molecule has 0 unspecified atom stereocenters. The fraction of sp³-hybridized carbons (Fsp3) is 0.185. The average molecular weight is 518 g/mol. The van der Waals surface area contributed by atoms with Crippen LogP contribution in [-0.2, 0) is 16.4 Å². The van der Waals surface area contributed by atoms with Crippen molar-refractivity contribution >= 4 is 27.3 Å². The number of nitrogens with one attached hydrogen (secondary N) is 1. The SMILES string of the molecule is CCc1ncnc(-c2ccnc(C)c2)c1C#Cc1cnc(C)c(NS(=O)(=O)c2ccc(C)cc2Cl)c1. The first kappa shape index (κ1) is 25.3. The van der Waals surface area contributed by atoms with Crippen LogP contribution in [0.3, 0.4) is 0 Å². The van der Waals surface area contributed by atoms with Gasteiger partial charge in [-0.05, 0) is 63.1 Å². The van der Waals surface area contributed by atoms with Crippen LogP contribution < -0.4 is 4.72 Å². The summed E-state index contributed by atoms with van der Waals surface area (Å²) in [6, 6.07) is 10.3. The van der Waals surface area contributed by atoms with Crippen molar-refractivity contribution in [3.8, 4) is 23.1 Å². The maximum Gasteiger partial charge on any atom is 0.263 e. The Kier molecular flexibility index (Phi) is 7.34. The molecule has 0 radical (unpaired) electrons. The zero-order valence-electron chi connectivity index (χ0n) is 20.3. The molecule has 7 nitrogen and oxygen atoms in total. The molecular formula is C27H24ClN5O2S. The van der Waals surface area contributed by atoms with E-state index >= 15 is 0 Å². The standard InChI is InChI=1S/C27H24ClN5O2S/c1-5-24-22(27(32-16-31-24)21-10-11-29-18(3)13-21)8-7-20-14-25(19(4)30-15-20)33-36(34,35)26-9-6-17(2)12-23(26)28/h6,9-16,33H,5H2,1-4H3. The Morgan fingerprint density at radius 3 is 2.50 bits per heavy atom. The second kappa shape index (κ2) is 10.4. The van der Waals surface area contributed by atoms with E-state index in [9.17, 15) is 8.42 Å². The molecule has 0 aliphatic rings. The monoisotopic (exact) mass is 517 g/mol. The van der Waals surface area contributed by atoms with E-state index in [0.29, 0.717) is 28.9 Å². The number of pyridine rings is 2. The van der Waals surface area contributed by atoms with E-state index in [0.717, 1.165) is 28.2 Å². The molecule has 4 aromatic rings. The summed E-state index contributed by atoms with van der Waals surface area (Å²) in [7, 11) is -3.92. The second-order valence-corrected chi connectivity index (χ2v) is 10.3. The van der Waals surface area contributed by atoms with E-state index in [-0.39, 0.29) is 9.92 Å². The predicted molar refractivity (Wildman–Crippen MR) is 141 cm³/mol. The first-order chi connectivity index (χ1) is 17.2. The number of rotatable bonds is 5. The highest BCUT2D eigenvalue weighted by atomic mass is 35.5. The van der Waals surface area contributed by atoms with Crippen LogP contribution in [-0.4, -0.2) is 28.4 Å². The minimum Gasteiger partial charge on any atom is -0.278 e. The number of aryl methyl sites for hydroxylation is 4. The Labute approximate surface area is 216 Å². The van der Waals surface area contributed by atoms with Gasteiger partial charge in [-0.25, -0.2) is 18.4 Å². The summed E-state index contributed by atoms with van der Waals surface area (Å²) in [6.45, 7) is 7.48. The molecule has 3 heterocycles. The van der Waals surface area contributed by atoms with E-state index in [1.54, 1.807) is 37.5 Å². The highest BCUT2D eigenvalue weighted by Gasteiger charge is 2.19. The molecule has 0 atom stereocenters. The largest absolute Gasteiger partial charge is 0.278 e. The van der Waals surface area contributed by atoms with Gasteiger partial charge in [0.15, 0.2) is 0 Å². The normalized spacial score (nSPS) is 11.0. The van der Waals surface area contributed by atoms with Crippen LogP contribution in [0.1, 0.15) is 40.7 Å².